The number of benzene rings is 2. The summed E-state index contributed by atoms with van der Waals surface area (Å²) >= 11 is 5.98. The Balaban J connectivity index is 2.67. The molecule has 3 N–H and O–H groups in total. The fourth-order valence-electron chi connectivity index (χ4n) is 2.38. The molecule has 0 spiro atoms. The second kappa shape index (κ2) is 6.60. The molecule has 0 radical (unpaired) electrons. The maximum Gasteiger partial charge on any atom is 0.336 e. The third-order valence-corrected chi connectivity index (χ3v) is 4.23. The minimum absolute atomic E-state index is 0.213. The zero-order chi connectivity index (χ0) is 17.2. The van der Waals surface area contributed by atoms with Crippen molar-refractivity contribution in [3.05, 3.63) is 52.5 Å². The molecule has 0 aliphatic rings. The molecule has 0 aliphatic carbocycles. The van der Waals surface area contributed by atoms with Gasteiger partial charge in [0, 0.05) is 22.5 Å². The number of rotatable bonds is 5. The van der Waals surface area contributed by atoms with Crippen molar-refractivity contribution in [1.29, 1.82) is 0 Å². The Morgan fingerprint density at radius 3 is 2.43 bits per heavy atom. The van der Waals surface area contributed by atoms with Crippen molar-refractivity contribution < 1.29 is 14.6 Å². The molecule has 0 aliphatic heterocycles. The molecule has 0 aromatic heterocycles. The highest BCUT2D eigenvalue weighted by molar-refractivity contribution is 6.30. The lowest BCUT2D eigenvalue weighted by Crippen LogP contribution is -2.28. The fourth-order valence-corrected chi connectivity index (χ4v) is 2.54. The van der Waals surface area contributed by atoms with Crippen LogP contribution in [0.2, 0.25) is 5.02 Å². The van der Waals surface area contributed by atoms with Crippen LogP contribution >= 0.6 is 11.6 Å². The van der Waals surface area contributed by atoms with Crippen LogP contribution in [-0.4, -0.2) is 24.7 Å². The second-order valence-corrected chi connectivity index (χ2v) is 6.43. The monoisotopic (exact) mass is 333 g/mol. The van der Waals surface area contributed by atoms with Gasteiger partial charge in [0.1, 0.15) is 5.75 Å². The van der Waals surface area contributed by atoms with E-state index in [1.165, 1.54) is 7.11 Å². The van der Waals surface area contributed by atoms with Crippen molar-refractivity contribution in [3.63, 3.8) is 0 Å². The summed E-state index contributed by atoms with van der Waals surface area (Å²) in [5.41, 5.74) is 7.86. The smallest absolute Gasteiger partial charge is 0.336 e. The van der Waals surface area contributed by atoms with Crippen molar-refractivity contribution in [2.45, 2.75) is 19.3 Å². The number of nitrogens with two attached hydrogens (primary N) is 1. The third kappa shape index (κ3) is 3.49. The van der Waals surface area contributed by atoms with Gasteiger partial charge in [0.05, 0.1) is 12.7 Å². The van der Waals surface area contributed by atoms with E-state index in [2.05, 4.69) is 0 Å². The molecule has 0 unspecified atom stereocenters. The van der Waals surface area contributed by atoms with Crippen molar-refractivity contribution in [2.75, 3.05) is 13.7 Å². The second-order valence-electron chi connectivity index (χ2n) is 6.00. The minimum Gasteiger partial charge on any atom is -0.496 e. The van der Waals surface area contributed by atoms with Crippen molar-refractivity contribution in [2.24, 2.45) is 5.73 Å². The first-order valence-electron chi connectivity index (χ1n) is 7.22. The summed E-state index contributed by atoms with van der Waals surface area (Å²) in [7, 11) is 1.53. The van der Waals surface area contributed by atoms with Gasteiger partial charge >= 0.3 is 5.97 Å². The maximum atomic E-state index is 11.7. The average molecular weight is 334 g/mol. The lowest BCUT2D eigenvalue weighted by molar-refractivity contribution is 0.0697. The Morgan fingerprint density at radius 1 is 1.22 bits per heavy atom. The van der Waals surface area contributed by atoms with Crippen LogP contribution in [0.3, 0.4) is 0 Å². The number of hydrogen-bond donors (Lipinski definition) is 2. The molecule has 5 heteroatoms. The number of hydrogen-bond acceptors (Lipinski definition) is 3. The Labute approximate surface area is 140 Å². The van der Waals surface area contributed by atoms with Crippen LogP contribution in [0.1, 0.15) is 29.8 Å². The summed E-state index contributed by atoms with van der Waals surface area (Å²) in [6, 6.07) is 10.5. The van der Waals surface area contributed by atoms with Crippen LogP contribution < -0.4 is 10.5 Å². The first-order chi connectivity index (χ1) is 10.8. The Morgan fingerprint density at radius 2 is 1.87 bits per heavy atom. The van der Waals surface area contributed by atoms with Crippen molar-refractivity contribution in [1.82, 2.24) is 0 Å². The molecule has 0 heterocycles. The van der Waals surface area contributed by atoms with Crippen LogP contribution in [-0.2, 0) is 5.41 Å². The van der Waals surface area contributed by atoms with Gasteiger partial charge in [-0.05, 0) is 35.4 Å². The summed E-state index contributed by atoms with van der Waals surface area (Å²) in [4.78, 5) is 11.7. The standard InChI is InChI=1S/C18H20ClNO3/c1-18(2,10-20)11-4-6-13(15(8-11)17(21)22)14-7-5-12(19)9-16(14)23-3/h4-9H,10,20H2,1-3H3,(H,21,22). The van der Waals surface area contributed by atoms with Crippen molar-refractivity contribution in [3.8, 4) is 16.9 Å². The van der Waals surface area contributed by atoms with E-state index < -0.39 is 5.97 Å². The normalized spacial score (nSPS) is 11.3. The fraction of sp³-hybridized carbons (Fsp3) is 0.278. The van der Waals surface area contributed by atoms with Crippen LogP contribution in [0.4, 0.5) is 0 Å². The zero-order valence-electron chi connectivity index (χ0n) is 13.4. The van der Waals surface area contributed by atoms with E-state index in [0.29, 0.717) is 28.4 Å². The highest BCUT2D eigenvalue weighted by Crippen LogP contribution is 2.36. The summed E-state index contributed by atoms with van der Waals surface area (Å²) in [6.45, 7) is 4.39. The average Bonchev–Trinajstić information content (AvgIpc) is 2.54. The molecule has 0 amide bonds. The van der Waals surface area contributed by atoms with Crippen molar-refractivity contribution >= 4 is 17.6 Å². The number of carboxylic acid groups (broad SMARTS) is 1. The molecule has 0 saturated carbocycles. The number of aromatic carboxylic acids is 1. The van der Waals surface area contributed by atoms with Crippen LogP contribution in [0.5, 0.6) is 5.75 Å². The molecule has 2 aromatic rings. The van der Waals surface area contributed by atoms with E-state index in [4.69, 9.17) is 22.1 Å². The van der Waals surface area contributed by atoms with Gasteiger partial charge < -0.3 is 15.6 Å². The van der Waals surface area contributed by atoms with Gasteiger partial charge in [0.2, 0.25) is 0 Å². The lowest BCUT2D eigenvalue weighted by atomic mass is 9.82. The zero-order valence-corrected chi connectivity index (χ0v) is 14.1. The van der Waals surface area contributed by atoms with Gasteiger partial charge in [-0.25, -0.2) is 4.79 Å². The number of methoxy groups -OCH3 is 1. The molecule has 2 aromatic carbocycles. The van der Waals surface area contributed by atoms with Gasteiger partial charge in [-0.15, -0.1) is 0 Å². The van der Waals surface area contributed by atoms with Gasteiger partial charge in [-0.2, -0.15) is 0 Å². The van der Waals surface area contributed by atoms with Gasteiger partial charge in [-0.1, -0.05) is 37.6 Å². The van der Waals surface area contributed by atoms with Gasteiger partial charge in [0.25, 0.3) is 0 Å². The molecule has 0 bridgehead atoms. The molecule has 2 rings (SSSR count). The third-order valence-electron chi connectivity index (χ3n) is 4.00. The maximum absolute atomic E-state index is 11.7. The van der Waals surface area contributed by atoms with E-state index in [-0.39, 0.29) is 11.0 Å². The Hall–Kier alpha value is -2.04. The number of carbonyl (C=O) groups is 1. The Bertz CT molecular complexity index is 741. The number of halogens is 1. The molecule has 0 atom stereocenters. The lowest BCUT2D eigenvalue weighted by Gasteiger charge is -2.24. The molecule has 23 heavy (non-hydrogen) atoms. The topological polar surface area (TPSA) is 72.5 Å². The Kier molecular flexibility index (Phi) is 4.97. The highest BCUT2D eigenvalue weighted by atomic mass is 35.5. The summed E-state index contributed by atoms with van der Waals surface area (Å²) in [6.07, 6.45) is 0. The van der Waals surface area contributed by atoms with E-state index in [0.717, 1.165) is 5.56 Å². The molecule has 0 saturated heterocycles. The summed E-state index contributed by atoms with van der Waals surface area (Å²) in [5, 5.41) is 10.1. The quantitative estimate of drug-likeness (QED) is 0.869. The number of ether oxygens (including phenoxy) is 1. The van der Waals surface area contributed by atoms with Crippen LogP contribution in [0.15, 0.2) is 36.4 Å². The molecular formula is C18H20ClNO3. The minimum atomic E-state index is -0.994. The molecule has 4 nitrogen and oxygen atoms in total. The van der Waals surface area contributed by atoms with Crippen LogP contribution in [0, 0.1) is 0 Å². The molecule has 0 fully saturated rings. The highest BCUT2D eigenvalue weighted by Gasteiger charge is 2.23. The van der Waals surface area contributed by atoms with Gasteiger partial charge in [-0.3, -0.25) is 0 Å². The first kappa shape index (κ1) is 17.3. The van der Waals surface area contributed by atoms with Gasteiger partial charge in [0.15, 0.2) is 0 Å². The molecule has 122 valence electrons. The number of carboxylic acids is 1. The molecular weight excluding hydrogens is 314 g/mol. The summed E-state index contributed by atoms with van der Waals surface area (Å²) in [5.74, 6) is -0.461. The van der Waals surface area contributed by atoms with E-state index in [9.17, 15) is 9.90 Å². The van der Waals surface area contributed by atoms with Crippen LogP contribution in [0.25, 0.3) is 11.1 Å². The summed E-state index contributed by atoms with van der Waals surface area (Å²) < 4.78 is 5.34. The van der Waals surface area contributed by atoms with E-state index >= 15 is 0 Å². The van der Waals surface area contributed by atoms with E-state index in [1.807, 2.05) is 19.9 Å². The predicted molar refractivity (Wildman–Crippen MR) is 92.5 cm³/mol. The predicted octanol–water partition coefficient (Wildman–Crippen LogP) is 3.95. The van der Waals surface area contributed by atoms with E-state index in [1.54, 1.807) is 30.3 Å². The largest absolute Gasteiger partial charge is 0.496 e. The first-order valence-corrected chi connectivity index (χ1v) is 7.59. The SMILES string of the molecule is COc1cc(Cl)ccc1-c1ccc(C(C)(C)CN)cc1C(=O)O.